The van der Waals surface area contributed by atoms with E-state index >= 15 is 0 Å². The predicted molar refractivity (Wildman–Crippen MR) is 110 cm³/mol. The average molecular weight is 383 g/mol. The Morgan fingerprint density at radius 2 is 1.85 bits per heavy atom. The Kier molecular flexibility index (Phi) is 6.20. The summed E-state index contributed by atoms with van der Waals surface area (Å²) in [7, 11) is 0. The number of rotatable bonds is 7. The number of nitro groups is 1. The van der Waals surface area contributed by atoms with Crippen molar-refractivity contribution in [1.82, 2.24) is 4.98 Å². The highest BCUT2D eigenvalue weighted by atomic mass is 32.2. The van der Waals surface area contributed by atoms with Gasteiger partial charge in [0, 0.05) is 28.3 Å². The van der Waals surface area contributed by atoms with E-state index < -0.39 is 4.92 Å². The first-order valence-corrected chi connectivity index (χ1v) is 10.1. The van der Waals surface area contributed by atoms with Crippen molar-refractivity contribution in [2.45, 2.75) is 18.2 Å². The van der Waals surface area contributed by atoms with Crippen molar-refractivity contribution >= 4 is 40.9 Å². The number of non-ortho nitro benzene ring substituents is 1. The molecule has 3 rings (SSSR count). The van der Waals surface area contributed by atoms with E-state index in [2.05, 4.69) is 36.2 Å². The van der Waals surface area contributed by atoms with Crippen molar-refractivity contribution in [2.24, 2.45) is 0 Å². The molecule has 1 heterocycles. The van der Waals surface area contributed by atoms with E-state index in [4.69, 9.17) is 0 Å². The highest BCUT2D eigenvalue weighted by Crippen LogP contribution is 2.23. The first-order chi connectivity index (χ1) is 12.7. The van der Waals surface area contributed by atoms with Gasteiger partial charge in [-0.1, -0.05) is 25.1 Å². The molecule has 0 saturated heterocycles. The molecule has 6 heteroatoms. The Hall–Kier alpha value is -2.44. The largest absolute Gasteiger partial charge is 0.269 e. The minimum Gasteiger partial charge on any atom is -0.258 e. The number of hydrogen-bond donors (Lipinski definition) is 0. The Bertz CT molecular complexity index is 900. The summed E-state index contributed by atoms with van der Waals surface area (Å²) in [6, 6.07) is 15.2. The van der Waals surface area contributed by atoms with Crippen LogP contribution in [0.4, 0.5) is 5.69 Å². The first-order valence-electron chi connectivity index (χ1n) is 8.22. The molecule has 0 unspecified atom stereocenters. The van der Waals surface area contributed by atoms with Crippen LogP contribution in [0.15, 0.2) is 58.9 Å². The maximum absolute atomic E-state index is 10.7. The lowest BCUT2D eigenvalue weighted by Crippen LogP contribution is -1.88. The van der Waals surface area contributed by atoms with Crippen LogP contribution in [0.2, 0.25) is 0 Å². The molecule has 0 aliphatic carbocycles. The number of hydrogen-bond acceptors (Lipinski definition) is 5. The summed E-state index contributed by atoms with van der Waals surface area (Å²) in [5, 5.41) is 10.7. The maximum atomic E-state index is 10.7. The molecule has 0 N–H and O–H groups in total. The summed E-state index contributed by atoms with van der Waals surface area (Å²) in [4.78, 5) is 17.3. The smallest absolute Gasteiger partial charge is 0.258 e. The summed E-state index contributed by atoms with van der Waals surface area (Å²) >= 11 is 3.48. The normalized spacial score (nSPS) is 11.1. The van der Waals surface area contributed by atoms with Crippen LogP contribution in [-0.2, 0) is 6.42 Å². The second kappa shape index (κ2) is 8.78. The second-order valence-electron chi connectivity index (χ2n) is 5.60. The Morgan fingerprint density at radius 1 is 1.12 bits per heavy atom. The molecule has 0 amide bonds. The van der Waals surface area contributed by atoms with Crippen LogP contribution in [0.25, 0.3) is 12.2 Å². The van der Waals surface area contributed by atoms with Gasteiger partial charge >= 0.3 is 0 Å². The summed E-state index contributed by atoms with van der Waals surface area (Å²) in [5.74, 6) is 1.08. The van der Waals surface area contributed by atoms with Gasteiger partial charge in [0.2, 0.25) is 0 Å². The molecular weight excluding hydrogens is 364 g/mol. The molecule has 2 aromatic carbocycles. The van der Waals surface area contributed by atoms with Crippen LogP contribution in [0, 0.1) is 10.1 Å². The predicted octanol–water partition coefficient (Wildman–Crippen LogP) is 5.92. The van der Waals surface area contributed by atoms with E-state index in [1.54, 1.807) is 23.5 Å². The van der Waals surface area contributed by atoms with Crippen molar-refractivity contribution in [3.8, 4) is 0 Å². The molecule has 0 aliphatic rings. The van der Waals surface area contributed by atoms with Crippen molar-refractivity contribution in [1.29, 1.82) is 0 Å². The van der Waals surface area contributed by atoms with Crippen LogP contribution in [0.5, 0.6) is 0 Å². The van der Waals surface area contributed by atoms with Crippen LogP contribution in [0.1, 0.15) is 28.6 Å². The van der Waals surface area contributed by atoms with Gasteiger partial charge in [-0.25, -0.2) is 4.98 Å². The summed E-state index contributed by atoms with van der Waals surface area (Å²) in [6.07, 6.45) is 4.75. The topological polar surface area (TPSA) is 56.0 Å². The SMILES string of the molecule is CCSc1ccc(Cc2scnc2/C=C\c2ccc([N+](=O)[O-])cc2)cc1. The lowest BCUT2D eigenvalue weighted by molar-refractivity contribution is -0.384. The third kappa shape index (κ3) is 4.80. The van der Waals surface area contributed by atoms with Gasteiger partial charge in [0.1, 0.15) is 0 Å². The van der Waals surface area contributed by atoms with Crippen LogP contribution >= 0.6 is 23.1 Å². The number of benzene rings is 2. The quantitative estimate of drug-likeness (QED) is 0.289. The molecule has 0 atom stereocenters. The van der Waals surface area contributed by atoms with E-state index in [0.717, 1.165) is 23.4 Å². The number of thiazole rings is 1. The number of aromatic nitrogens is 1. The molecular formula is C20H18N2O2S2. The maximum Gasteiger partial charge on any atom is 0.269 e. The molecule has 0 radical (unpaired) electrons. The molecule has 4 nitrogen and oxygen atoms in total. The fourth-order valence-electron chi connectivity index (χ4n) is 2.49. The van der Waals surface area contributed by atoms with Crippen molar-refractivity contribution in [3.63, 3.8) is 0 Å². The Labute approximate surface area is 160 Å². The Morgan fingerprint density at radius 3 is 2.50 bits per heavy atom. The molecule has 0 aliphatic heterocycles. The van der Waals surface area contributed by atoms with E-state index in [0.29, 0.717) is 0 Å². The zero-order valence-electron chi connectivity index (χ0n) is 14.3. The molecule has 132 valence electrons. The van der Waals surface area contributed by atoms with E-state index in [1.807, 2.05) is 29.4 Å². The Balaban J connectivity index is 1.70. The first kappa shape index (κ1) is 18.4. The van der Waals surface area contributed by atoms with Gasteiger partial charge in [-0.2, -0.15) is 0 Å². The molecule has 0 bridgehead atoms. The van der Waals surface area contributed by atoms with Crippen LogP contribution in [0.3, 0.4) is 0 Å². The van der Waals surface area contributed by atoms with Crippen molar-refractivity contribution < 1.29 is 4.92 Å². The molecule has 26 heavy (non-hydrogen) atoms. The molecule has 0 saturated carbocycles. The van der Waals surface area contributed by atoms with Crippen LogP contribution in [-0.4, -0.2) is 15.7 Å². The second-order valence-corrected chi connectivity index (χ2v) is 7.87. The monoisotopic (exact) mass is 382 g/mol. The van der Waals surface area contributed by atoms with E-state index in [-0.39, 0.29) is 5.69 Å². The lowest BCUT2D eigenvalue weighted by atomic mass is 10.1. The van der Waals surface area contributed by atoms with Gasteiger partial charge in [0.05, 0.1) is 16.1 Å². The van der Waals surface area contributed by atoms with Gasteiger partial charge in [0.25, 0.3) is 5.69 Å². The fraction of sp³-hybridized carbons (Fsp3) is 0.150. The highest BCUT2D eigenvalue weighted by Gasteiger charge is 2.06. The molecule has 3 aromatic rings. The number of thioether (sulfide) groups is 1. The molecule has 1 aromatic heterocycles. The third-order valence-electron chi connectivity index (χ3n) is 3.81. The van der Waals surface area contributed by atoms with Crippen LogP contribution < -0.4 is 0 Å². The highest BCUT2D eigenvalue weighted by molar-refractivity contribution is 7.99. The van der Waals surface area contributed by atoms with E-state index in [9.17, 15) is 10.1 Å². The number of nitrogens with zero attached hydrogens (tertiary/aromatic N) is 2. The average Bonchev–Trinajstić information content (AvgIpc) is 3.09. The summed E-state index contributed by atoms with van der Waals surface area (Å²) < 4.78 is 0. The van der Waals surface area contributed by atoms with Gasteiger partial charge < -0.3 is 0 Å². The molecule has 0 spiro atoms. The minimum atomic E-state index is -0.393. The standard InChI is InChI=1S/C20H18N2O2S2/c1-2-25-18-10-5-16(6-11-18)13-20-19(21-14-26-20)12-7-15-3-8-17(9-4-15)22(23)24/h3-12,14H,2,13H2,1H3/b12-7-. The fourth-order valence-corrected chi connectivity index (χ4v) is 3.93. The summed E-state index contributed by atoms with van der Waals surface area (Å²) in [6.45, 7) is 2.15. The van der Waals surface area contributed by atoms with Gasteiger partial charge in [0.15, 0.2) is 0 Å². The summed E-state index contributed by atoms with van der Waals surface area (Å²) in [5.41, 5.74) is 5.07. The molecule has 0 fully saturated rings. The lowest BCUT2D eigenvalue weighted by Gasteiger charge is -2.03. The zero-order chi connectivity index (χ0) is 18.4. The van der Waals surface area contributed by atoms with Gasteiger partial charge in [-0.15, -0.1) is 23.1 Å². The van der Waals surface area contributed by atoms with E-state index in [1.165, 1.54) is 27.5 Å². The zero-order valence-corrected chi connectivity index (χ0v) is 15.9. The third-order valence-corrected chi connectivity index (χ3v) is 5.55. The van der Waals surface area contributed by atoms with Crippen molar-refractivity contribution in [3.05, 3.63) is 85.9 Å². The minimum absolute atomic E-state index is 0.0983. The van der Waals surface area contributed by atoms with Gasteiger partial charge in [-0.3, -0.25) is 10.1 Å². The number of nitro benzene ring substituents is 1. The van der Waals surface area contributed by atoms with Gasteiger partial charge in [-0.05, 0) is 47.2 Å². The van der Waals surface area contributed by atoms with Crippen molar-refractivity contribution in [2.75, 3.05) is 5.75 Å².